The highest BCUT2D eigenvalue weighted by molar-refractivity contribution is 6.31. The van der Waals surface area contributed by atoms with E-state index in [9.17, 15) is 9.59 Å². The molecule has 0 N–H and O–H groups in total. The number of ether oxygens (including phenoxy) is 1. The summed E-state index contributed by atoms with van der Waals surface area (Å²) < 4.78 is 6.13. The summed E-state index contributed by atoms with van der Waals surface area (Å²) in [6.45, 7) is 0.366. The smallest absolute Gasteiger partial charge is 0.254 e. The summed E-state index contributed by atoms with van der Waals surface area (Å²) in [5.74, 6) is -0.0733. The summed E-state index contributed by atoms with van der Waals surface area (Å²) in [4.78, 5) is 25.8. The monoisotopic (exact) mass is 456 g/mol. The SMILES string of the molecule is O=C1C2C3C=CC(C3)C2C(=O)N1N=Cc1cc(Cl)ccc1OCc1cccc2ccccc12. The fourth-order valence-electron chi connectivity index (χ4n) is 5.45. The van der Waals surface area contributed by atoms with E-state index in [0.29, 0.717) is 22.9 Å². The van der Waals surface area contributed by atoms with Crippen molar-refractivity contribution in [1.29, 1.82) is 0 Å². The first-order valence-electron chi connectivity index (χ1n) is 11.1. The third-order valence-corrected chi connectivity index (χ3v) is 7.23. The first-order chi connectivity index (χ1) is 16.1. The zero-order valence-electron chi connectivity index (χ0n) is 17.7. The standard InChI is InChI=1S/C27H21ClN2O3/c28-21-10-11-23(33-15-19-6-3-5-16-4-1-2-7-22(16)19)20(13-21)14-29-30-26(31)24-17-8-9-18(12-17)25(24)27(30)32/h1-11,13-14,17-18,24-25H,12,15H2. The summed E-state index contributed by atoms with van der Waals surface area (Å²) >= 11 is 6.22. The molecule has 1 heterocycles. The van der Waals surface area contributed by atoms with E-state index >= 15 is 0 Å². The summed E-state index contributed by atoms with van der Waals surface area (Å²) in [6.07, 6.45) is 6.53. The zero-order valence-corrected chi connectivity index (χ0v) is 18.5. The summed E-state index contributed by atoms with van der Waals surface area (Å²) in [5, 5.41) is 8.12. The number of imide groups is 1. The van der Waals surface area contributed by atoms with E-state index in [2.05, 4.69) is 35.5 Å². The van der Waals surface area contributed by atoms with E-state index in [1.54, 1.807) is 18.2 Å². The number of allylic oxidation sites excluding steroid dienone is 2. The third kappa shape index (κ3) is 3.35. The quantitative estimate of drug-likeness (QED) is 0.300. The fraction of sp³-hybridized carbons (Fsp3) is 0.222. The summed E-state index contributed by atoms with van der Waals surface area (Å²) in [5.41, 5.74) is 1.67. The van der Waals surface area contributed by atoms with Crippen molar-refractivity contribution in [2.45, 2.75) is 13.0 Å². The van der Waals surface area contributed by atoms with Crippen LogP contribution in [-0.4, -0.2) is 23.0 Å². The van der Waals surface area contributed by atoms with Gasteiger partial charge in [-0.3, -0.25) is 9.59 Å². The molecule has 164 valence electrons. The molecule has 2 fully saturated rings. The molecule has 3 aromatic carbocycles. The van der Waals surface area contributed by atoms with E-state index < -0.39 is 0 Å². The van der Waals surface area contributed by atoms with Gasteiger partial charge in [-0.2, -0.15) is 10.1 Å². The lowest BCUT2D eigenvalue weighted by molar-refractivity contribution is -0.140. The lowest BCUT2D eigenvalue weighted by Crippen LogP contribution is -2.28. The normalized spacial score (nSPS) is 25.5. The maximum Gasteiger partial charge on any atom is 0.254 e. The van der Waals surface area contributed by atoms with Gasteiger partial charge in [0, 0.05) is 10.6 Å². The van der Waals surface area contributed by atoms with Crippen LogP contribution in [0, 0.1) is 23.7 Å². The maximum atomic E-state index is 12.9. The predicted octanol–water partition coefficient (Wildman–Crippen LogP) is 5.21. The molecule has 1 saturated carbocycles. The van der Waals surface area contributed by atoms with Crippen molar-refractivity contribution in [3.8, 4) is 5.75 Å². The number of hydrogen-bond acceptors (Lipinski definition) is 4. The average Bonchev–Trinajstić information content (AvgIpc) is 3.51. The van der Waals surface area contributed by atoms with Gasteiger partial charge in [-0.05, 0) is 52.8 Å². The topological polar surface area (TPSA) is 59.0 Å². The molecular formula is C27H21ClN2O3. The van der Waals surface area contributed by atoms with Gasteiger partial charge >= 0.3 is 0 Å². The number of amides is 2. The summed E-state index contributed by atoms with van der Waals surface area (Å²) in [7, 11) is 0. The Bertz CT molecular complexity index is 1310. The molecule has 0 spiro atoms. The van der Waals surface area contributed by atoms with Crippen molar-refractivity contribution in [3.63, 3.8) is 0 Å². The molecule has 6 heteroatoms. The number of benzene rings is 3. The van der Waals surface area contributed by atoms with Crippen molar-refractivity contribution in [3.05, 3.63) is 89.0 Å². The van der Waals surface area contributed by atoms with Crippen LogP contribution in [0.5, 0.6) is 5.75 Å². The van der Waals surface area contributed by atoms with Crippen LogP contribution in [-0.2, 0) is 16.2 Å². The highest BCUT2D eigenvalue weighted by Gasteiger charge is 2.59. The zero-order chi connectivity index (χ0) is 22.5. The Labute approximate surface area is 196 Å². The lowest BCUT2D eigenvalue weighted by atomic mass is 9.85. The molecule has 3 aromatic rings. The number of carbonyl (C=O) groups excluding carboxylic acids is 2. The molecule has 33 heavy (non-hydrogen) atoms. The van der Waals surface area contributed by atoms with Crippen LogP contribution in [0.1, 0.15) is 17.5 Å². The highest BCUT2D eigenvalue weighted by atomic mass is 35.5. The second-order valence-electron chi connectivity index (χ2n) is 8.84. The van der Waals surface area contributed by atoms with Crippen molar-refractivity contribution >= 4 is 40.4 Å². The first-order valence-corrected chi connectivity index (χ1v) is 11.5. The second kappa shape index (κ2) is 7.85. The van der Waals surface area contributed by atoms with Crippen LogP contribution in [0.25, 0.3) is 10.8 Å². The molecule has 2 aliphatic carbocycles. The molecule has 6 rings (SSSR count). The molecule has 4 unspecified atom stereocenters. The van der Waals surface area contributed by atoms with Gasteiger partial charge in [0.05, 0.1) is 18.1 Å². The van der Waals surface area contributed by atoms with E-state index in [-0.39, 0.29) is 35.5 Å². The van der Waals surface area contributed by atoms with Crippen LogP contribution in [0.2, 0.25) is 5.02 Å². The first kappa shape index (κ1) is 20.2. The number of carbonyl (C=O) groups is 2. The Balaban J connectivity index is 1.25. The average molecular weight is 457 g/mol. The predicted molar refractivity (Wildman–Crippen MR) is 127 cm³/mol. The second-order valence-corrected chi connectivity index (χ2v) is 9.28. The van der Waals surface area contributed by atoms with E-state index in [1.807, 2.05) is 24.3 Å². The molecule has 2 bridgehead atoms. The van der Waals surface area contributed by atoms with Gasteiger partial charge in [-0.1, -0.05) is 66.2 Å². The van der Waals surface area contributed by atoms with Crippen LogP contribution in [0.3, 0.4) is 0 Å². The Morgan fingerprint density at radius 3 is 2.48 bits per heavy atom. The third-order valence-electron chi connectivity index (χ3n) is 6.99. The molecular weight excluding hydrogens is 436 g/mol. The Morgan fingerprint density at radius 1 is 0.970 bits per heavy atom. The number of rotatable bonds is 5. The van der Waals surface area contributed by atoms with Crippen molar-refractivity contribution in [1.82, 2.24) is 5.01 Å². The van der Waals surface area contributed by atoms with Gasteiger partial charge in [0.1, 0.15) is 12.4 Å². The van der Waals surface area contributed by atoms with E-state index in [1.165, 1.54) is 6.21 Å². The minimum absolute atomic E-state index is 0.155. The number of nitrogens with zero attached hydrogens (tertiary/aromatic N) is 2. The minimum Gasteiger partial charge on any atom is -0.488 e. The van der Waals surface area contributed by atoms with Gasteiger partial charge in [0.15, 0.2) is 0 Å². The molecule has 1 saturated heterocycles. The Morgan fingerprint density at radius 2 is 1.70 bits per heavy atom. The van der Waals surface area contributed by atoms with Crippen LogP contribution >= 0.6 is 11.6 Å². The molecule has 5 nitrogen and oxygen atoms in total. The van der Waals surface area contributed by atoms with E-state index in [4.69, 9.17) is 16.3 Å². The maximum absolute atomic E-state index is 12.9. The van der Waals surface area contributed by atoms with Crippen molar-refractivity contribution in [2.24, 2.45) is 28.8 Å². The lowest BCUT2D eigenvalue weighted by Gasteiger charge is -2.13. The minimum atomic E-state index is -0.272. The Hall–Kier alpha value is -3.44. The molecule has 0 radical (unpaired) electrons. The number of fused-ring (bicyclic) bond motifs is 6. The molecule has 0 aromatic heterocycles. The van der Waals surface area contributed by atoms with Crippen LogP contribution < -0.4 is 4.74 Å². The Kier molecular flexibility index (Phi) is 4.80. The van der Waals surface area contributed by atoms with Gasteiger partial charge in [-0.15, -0.1) is 0 Å². The van der Waals surface area contributed by atoms with E-state index in [0.717, 1.165) is 27.8 Å². The van der Waals surface area contributed by atoms with Gasteiger partial charge in [0.2, 0.25) is 0 Å². The molecule has 3 aliphatic rings. The molecule has 4 atom stereocenters. The number of halogens is 1. The number of hydrazone groups is 1. The van der Waals surface area contributed by atoms with Crippen LogP contribution in [0.15, 0.2) is 77.9 Å². The fourth-order valence-corrected chi connectivity index (χ4v) is 5.63. The van der Waals surface area contributed by atoms with Gasteiger partial charge in [-0.25, -0.2) is 0 Å². The van der Waals surface area contributed by atoms with Gasteiger partial charge < -0.3 is 4.74 Å². The van der Waals surface area contributed by atoms with Crippen molar-refractivity contribution < 1.29 is 14.3 Å². The highest BCUT2D eigenvalue weighted by Crippen LogP contribution is 2.52. The largest absolute Gasteiger partial charge is 0.488 e. The van der Waals surface area contributed by atoms with Crippen LogP contribution in [0.4, 0.5) is 0 Å². The van der Waals surface area contributed by atoms with Crippen molar-refractivity contribution in [2.75, 3.05) is 0 Å². The molecule has 2 amide bonds. The summed E-state index contributed by atoms with van der Waals surface area (Å²) in [6, 6.07) is 19.5. The van der Waals surface area contributed by atoms with Gasteiger partial charge in [0.25, 0.3) is 11.8 Å². The molecule has 1 aliphatic heterocycles. The number of hydrogen-bond donors (Lipinski definition) is 0.